The van der Waals surface area contributed by atoms with Crippen molar-refractivity contribution in [1.82, 2.24) is 5.32 Å². The molecule has 0 saturated heterocycles. The standard InChI is InChI=1S/C14H15NO3/c16-12(13-6-7-14(17)18-13)8-9-15-10-11-4-2-1-3-5-11/h1-7,15,17H,8-10H2. The summed E-state index contributed by atoms with van der Waals surface area (Å²) in [6, 6.07) is 12.8. The van der Waals surface area contributed by atoms with E-state index in [-0.39, 0.29) is 17.5 Å². The fourth-order valence-electron chi connectivity index (χ4n) is 1.63. The Hall–Kier alpha value is -2.07. The quantitative estimate of drug-likeness (QED) is 0.605. The minimum atomic E-state index is -0.226. The molecular weight excluding hydrogens is 230 g/mol. The monoisotopic (exact) mass is 245 g/mol. The number of hydrogen-bond donors (Lipinski definition) is 2. The van der Waals surface area contributed by atoms with Crippen molar-refractivity contribution in [3.8, 4) is 5.95 Å². The van der Waals surface area contributed by atoms with Gasteiger partial charge in [0.25, 0.3) is 5.95 Å². The van der Waals surface area contributed by atoms with Gasteiger partial charge < -0.3 is 14.8 Å². The van der Waals surface area contributed by atoms with E-state index in [2.05, 4.69) is 5.32 Å². The summed E-state index contributed by atoms with van der Waals surface area (Å²) in [5, 5.41) is 12.2. The first-order chi connectivity index (χ1) is 8.75. The van der Waals surface area contributed by atoms with Crippen LogP contribution in [0.5, 0.6) is 5.95 Å². The van der Waals surface area contributed by atoms with Gasteiger partial charge in [0.1, 0.15) is 0 Å². The van der Waals surface area contributed by atoms with Crippen LogP contribution in [0.4, 0.5) is 0 Å². The highest BCUT2D eigenvalue weighted by Crippen LogP contribution is 2.14. The Bertz CT molecular complexity index is 505. The van der Waals surface area contributed by atoms with Crippen LogP contribution in [0.25, 0.3) is 0 Å². The van der Waals surface area contributed by atoms with Gasteiger partial charge in [-0.1, -0.05) is 30.3 Å². The summed E-state index contributed by atoms with van der Waals surface area (Å²) >= 11 is 0. The number of rotatable bonds is 6. The molecule has 0 unspecified atom stereocenters. The first-order valence-electron chi connectivity index (χ1n) is 5.82. The topological polar surface area (TPSA) is 62.5 Å². The molecule has 94 valence electrons. The van der Waals surface area contributed by atoms with Gasteiger partial charge in [-0.05, 0) is 11.6 Å². The minimum Gasteiger partial charge on any atom is -0.481 e. The maximum Gasteiger partial charge on any atom is 0.282 e. The van der Waals surface area contributed by atoms with Crippen LogP contribution in [-0.4, -0.2) is 17.4 Å². The van der Waals surface area contributed by atoms with E-state index in [0.717, 1.165) is 6.54 Å². The Kier molecular flexibility index (Phi) is 4.15. The summed E-state index contributed by atoms with van der Waals surface area (Å²) in [6.07, 6.45) is 0.347. The van der Waals surface area contributed by atoms with Crippen molar-refractivity contribution in [3.63, 3.8) is 0 Å². The van der Waals surface area contributed by atoms with Gasteiger partial charge in [-0.3, -0.25) is 4.79 Å². The van der Waals surface area contributed by atoms with Crippen molar-refractivity contribution in [2.75, 3.05) is 6.54 Å². The number of carbonyl (C=O) groups excluding carboxylic acids is 1. The zero-order valence-corrected chi connectivity index (χ0v) is 9.93. The maximum atomic E-state index is 11.6. The van der Waals surface area contributed by atoms with Gasteiger partial charge in [0, 0.05) is 25.6 Å². The molecule has 0 spiro atoms. The van der Waals surface area contributed by atoms with E-state index in [0.29, 0.717) is 13.0 Å². The fourth-order valence-corrected chi connectivity index (χ4v) is 1.63. The second kappa shape index (κ2) is 6.02. The van der Waals surface area contributed by atoms with Gasteiger partial charge in [0.05, 0.1) is 0 Å². The molecule has 1 heterocycles. The largest absolute Gasteiger partial charge is 0.481 e. The van der Waals surface area contributed by atoms with Crippen LogP contribution in [0.1, 0.15) is 22.5 Å². The number of ketones is 1. The van der Waals surface area contributed by atoms with Gasteiger partial charge in [0.2, 0.25) is 0 Å². The SMILES string of the molecule is O=C(CCNCc1ccccc1)c1ccc(O)o1. The molecule has 2 N–H and O–H groups in total. The maximum absolute atomic E-state index is 11.6. The molecule has 0 aliphatic rings. The van der Waals surface area contributed by atoms with Crippen LogP contribution in [0.15, 0.2) is 46.9 Å². The van der Waals surface area contributed by atoms with E-state index in [4.69, 9.17) is 9.52 Å². The molecule has 0 fully saturated rings. The lowest BCUT2D eigenvalue weighted by Crippen LogP contribution is -2.17. The lowest BCUT2D eigenvalue weighted by molar-refractivity contribution is 0.0949. The Morgan fingerprint density at radius 2 is 1.94 bits per heavy atom. The summed E-state index contributed by atoms with van der Waals surface area (Å²) in [7, 11) is 0. The third kappa shape index (κ3) is 3.46. The number of furan rings is 1. The molecule has 1 aromatic heterocycles. The van der Waals surface area contributed by atoms with Crippen molar-refractivity contribution in [1.29, 1.82) is 0 Å². The zero-order valence-electron chi connectivity index (χ0n) is 9.93. The molecular formula is C14H15NO3. The highest BCUT2D eigenvalue weighted by atomic mass is 16.5. The Labute approximate surface area is 105 Å². The van der Waals surface area contributed by atoms with Crippen molar-refractivity contribution in [3.05, 3.63) is 53.8 Å². The molecule has 0 aliphatic carbocycles. The van der Waals surface area contributed by atoms with Crippen LogP contribution in [0.2, 0.25) is 0 Å². The Balaban J connectivity index is 1.71. The summed E-state index contributed by atoms with van der Waals surface area (Å²) in [5.41, 5.74) is 1.18. The smallest absolute Gasteiger partial charge is 0.282 e. The molecule has 0 amide bonds. The number of benzene rings is 1. The normalized spacial score (nSPS) is 10.4. The number of hydrogen-bond acceptors (Lipinski definition) is 4. The third-order valence-electron chi connectivity index (χ3n) is 2.57. The minimum absolute atomic E-state index is 0.115. The molecule has 18 heavy (non-hydrogen) atoms. The van der Waals surface area contributed by atoms with E-state index >= 15 is 0 Å². The predicted molar refractivity (Wildman–Crippen MR) is 67.5 cm³/mol. The second-order valence-electron chi connectivity index (χ2n) is 3.97. The predicted octanol–water partition coefficient (Wildman–Crippen LogP) is 2.35. The molecule has 4 heteroatoms. The molecule has 0 bridgehead atoms. The first-order valence-corrected chi connectivity index (χ1v) is 5.82. The number of carbonyl (C=O) groups is 1. The third-order valence-corrected chi connectivity index (χ3v) is 2.57. The van der Waals surface area contributed by atoms with Crippen molar-refractivity contribution >= 4 is 5.78 Å². The zero-order chi connectivity index (χ0) is 12.8. The van der Waals surface area contributed by atoms with Crippen molar-refractivity contribution in [2.45, 2.75) is 13.0 Å². The lowest BCUT2D eigenvalue weighted by atomic mass is 10.2. The number of nitrogens with one attached hydrogen (secondary N) is 1. The highest BCUT2D eigenvalue weighted by molar-refractivity contribution is 5.93. The molecule has 1 aromatic carbocycles. The fraction of sp³-hybridized carbons (Fsp3) is 0.214. The Morgan fingerprint density at radius 3 is 2.61 bits per heavy atom. The van der Waals surface area contributed by atoms with Crippen LogP contribution < -0.4 is 5.32 Å². The molecule has 4 nitrogen and oxygen atoms in total. The van der Waals surface area contributed by atoms with Crippen molar-refractivity contribution < 1.29 is 14.3 Å². The number of Topliss-reactive ketones (excluding diaryl/α,β-unsaturated/α-hetero) is 1. The molecule has 0 atom stereocenters. The highest BCUT2D eigenvalue weighted by Gasteiger charge is 2.09. The first kappa shape index (κ1) is 12.4. The van der Waals surface area contributed by atoms with E-state index in [9.17, 15) is 4.79 Å². The van der Waals surface area contributed by atoms with Crippen molar-refractivity contribution in [2.24, 2.45) is 0 Å². The van der Waals surface area contributed by atoms with Gasteiger partial charge >= 0.3 is 0 Å². The van der Waals surface area contributed by atoms with Gasteiger partial charge in [-0.2, -0.15) is 0 Å². The molecule has 0 aliphatic heterocycles. The van der Waals surface area contributed by atoms with Gasteiger partial charge in [-0.25, -0.2) is 0 Å². The summed E-state index contributed by atoms with van der Waals surface area (Å²) in [4.78, 5) is 11.6. The summed E-state index contributed by atoms with van der Waals surface area (Å²) in [6.45, 7) is 1.31. The second-order valence-corrected chi connectivity index (χ2v) is 3.97. The molecule has 2 rings (SSSR count). The Morgan fingerprint density at radius 1 is 1.17 bits per heavy atom. The molecule has 2 aromatic rings. The van der Waals surface area contributed by atoms with E-state index < -0.39 is 0 Å². The average Bonchev–Trinajstić information content (AvgIpc) is 2.82. The van der Waals surface area contributed by atoms with Crippen LogP contribution in [0.3, 0.4) is 0 Å². The lowest BCUT2D eigenvalue weighted by Gasteiger charge is -2.03. The average molecular weight is 245 g/mol. The summed E-state index contributed by atoms with van der Waals surface area (Å²) < 4.78 is 4.84. The van der Waals surface area contributed by atoms with E-state index in [1.807, 2.05) is 30.3 Å². The summed E-state index contributed by atoms with van der Waals surface area (Å²) in [5.74, 6) is -0.138. The van der Waals surface area contributed by atoms with Gasteiger partial charge in [0.15, 0.2) is 11.5 Å². The molecule has 0 radical (unpaired) electrons. The molecule has 0 saturated carbocycles. The van der Waals surface area contributed by atoms with Crippen LogP contribution >= 0.6 is 0 Å². The van der Waals surface area contributed by atoms with E-state index in [1.165, 1.54) is 17.7 Å². The van der Waals surface area contributed by atoms with Gasteiger partial charge in [-0.15, -0.1) is 0 Å². The number of aromatic hydroxyl groups is 1. The van der Waals surface area contributed by atoms with E-state index in [1.54, 1.807) is 0 Å². The van der Waals surface area contributed by atoms with Crippen LogP contribution in [0, 0.1) is 0 Å². The van der Waals surface area contributed by atoms with Crippen LogP contribution in [-0.2, 0) is 6.54 Å².